The lowest BCUT2D eigenvalue weighted by atomic mass is 10.1. The van der Waals surface area contributed by atoms with Crippen molar-refractivity contribution in [2.45, 2.75) is 6.92 Å². The summed E-state index contributed by atoms with van der Waals surface area (Å²) in [5.41, 5.74) is 2.89. The van der Waals surface area contributed by atoms with Crippen LogP contribution in [0.2, 0.25) is 0 Å². The van der Waals surface area contributed by atoms with Gasteiger partial charge in [0.2, 0.25) is 0 Å². The van der Waals surface area contributed by atoms with E-state index in [4.69, 9.17) is 10.00 Å². The molecule has 0 spiro atoms. The standard InChI is InChI=1S/C17H15NO/c1-14-7-9-17(10-8-14)19-11-3-6-15-4-2-5-16(12-15)13-18/h2-10,12H,11H2,1H3/b6-3-. The highest BCUT2D eigenvalue weighted by Gasteiger charge is 1.92. The van der Waals surface area contributed by atoms with Crippen molar-refractivity contribution in [1.82, 2.24) is 0 Å². The van der Waals surface area contributed by atoms with E-state index in [-0.39, 0.29) is 0 Å². The molecule has 94 valence electrons. The van der Waals surface area contributed by atoms with Crippen LogP contribution < -0.4 is 4.74 Å². The van der Waals surface area contributed by atoms with E-state index in [0.29, 0.717) is 12.2 Å². The molecule has 0 heterocycles. The predicted molar refractivity (Wildman–Crippen MR) is 76.9 cm³/mol. The summed E-state index contributed by atoms with van der Waals surface area (Å²) in [6.07, 6.45) is 3.89. The van der Waals surface area contributed by atoms with Gasteiger partial charge < -0.3 is 4.74 Å². The fourth-order valence-corrected chi connectivity index (χ4v) is 1.67. The van der Waals surface area contributed by atoms with E-state index in [1.807, 2.05) is 61.5 Å². The Labute approximate surface area is 113 Å². The normalized spacial score (nSPS) is 10.3. The second kappa shape index (κ2) is 6.42. The van der Waals surface area contributed by atoms with Crippen molar-refractivity contribution in [1.29, 1.82) is 5.26 Å². The van der Waals surface area contributed by atoms with Crippen molar-refractivity contribution in [3.05, 3.63) is 71.3 Å². The molecule has 2 rings (SSSR count). The summed E-state index contributed by atoms with van der Waals surface area (Å²) in [7, 11) is 0. The summed E-state index contributed by atoms with van der Waals surface area (Å²) in [4.78, 5) is 0. The van der Waals surface area contributed by atoms with Gasteiger partial charge in [-0.1, -0.05) is 35.9 Å². The fourth-order valence-electron chi connectivity index (χ4n) is 1.67. The Bertz CT molecular complexity index is 606. The third-order valence-corrected chi connectivity index (χ3v) is 2.69. The van der Waals surface area contributed by atoms with Crippen LogP contribution in [0.5, 0.6) is 5.75 Å². The number of nitrogens with zero attached hydrogens (tertiary/aromatic N) is 1. The fraction of sp³-hybridized carbons (Fsp3) is 0.118. The first-order valence-electron chi connectivity index (χ1n) is 6.14. The summed E-state index contributed by atoms with van der Waals surface area (Å²) in [5.74, 6) is 0.862. The molecule has 2 aromatic rings. The van der Waals surface area contributed by atoms with E-state index in [9.17, 15) is 0 Å². The second-order valence-electron chi connectivity index (χ2n) is 4.26. The van der Waals surface area contributed by atoms with Crippen LogP contribution in [0.25, 0.3) is 6.08 Å². The quantitative estimate of drug-likeness (QED) is 0.821. The molecule has 19 heavy (non-hydrogen) atoms. The molecular weight excluding hydrogens is 234 g/mol. The van der Waals surface area contributed by atoms with Gasteiger partial charge in [-0.05, 0) is 42.8 Å². The zero-order valence-corrected chi connectivity index (χ0v) is 10.8. The largest absolute Gasteiger partial charge is 0.490 e. The van der Waals surface area contributed by atoms with E-state index in [0.717, 1.165) is 11.3 Å². The molecular formula is C17H15NO. The van der Waals surface area contributed by atoms with Crippen LogP contribution in [0.4, 0.5) is 0 Å². The van der Waals surface area contributed by atoms with Gasteiger partial charge in [-0.25, -0.2) is 0 Å². The highest BCUT2D eigenvalue weighted by molar-refractivity contribution is 5.52. The minimum absolute atomic E-state index is 0.514. The zero-order valence-electron chi connectivity index (χ0n) is 10.8. The van der Waals surface area contributed by atoms with E-state index in [1.54, 1.807) is 6.07 Å². The average Bonchev–Trinajstić information content (AvgIpc) is 2.46. The number of aryl methyl sites for hydroxylation is 1. The van der Waals surface area contributed by atoms with Gasteiger partial charge in [-0.15, -0.1) is 0 Å². The van der Waals surface area contributed by atoms with Crippen LogP contribution in [0, 0.1) is 18.3 Å². The smallest absolute Gasteiger partial charge is 0.119 e. The molecule has 2 aromatic carbocycles. The van der Waals surface area contributed by atoms with Gasteiger partial charge in [-0.2, -0.15) is 5.26 Å². The van der Waals surface area contributed by atoms with Crippen LogP contribution >= 0.6 is 0 Å². The van der Waals surface area contributed by atoms with Gasteiger partial charge >= 0.3 is 0 Å². The summed E-state index contributed by atoms with van der Waals surface area (Å²) in [6.45, 7) is 2.56. The molecule has 0 aromatic heterocycles. The number of ether oxygens (including phenoxy) is 1. The first-order valence-corrected chi connectivity index (χ1v) is 6.14. The Morgan fingerprint density at radius 2 is 1.95 bits per heavy atom. The van der Waals surface area contributed by atoms with Gasteiger partial charge in [0.25, 0.3) is 0 Å². The third-order valence-electron chi connectivity index (χ3n) is 2.69. The first kappa shape index (κ1) is 12.9. The van der Waals surface area contributed by atoms with Gasteiger partial charge in [0.1, 0.15) is 12.4 Å². The van der Waals surface area contributed by atoms with E-state index < -0.39 is 0 Å². The summed E-state index contributed by atoms with van der Waals surface area (Å²) in [6, 6.07) is 17.6. The van der Waals surface area contributed by atoms with Crippen molar-refractivity contribution in [2.75, 3.05) is 6.61 Å². The minimum Gasteiger partial charge on any atom is -0.490 e. The maximum atomic E-state index is 8.81. The van der Waals surface area contributed by atoms with Crippen molar-refractivity contribution in [3.63, 3.8) is 0 Å². The Kier molecular flexibility index (Phi) is 4.36. The lowest BCUT2D eigenvalue weighted by Gasteiger charge is -2.02. The molecule has 2 nitrogen and oxygen atoms in total. The molecule has 0 radical (unpaired) electrons. The van der Waals surface area contributed by atoms with Gasteiger partial charge in [0, 0.05) is 0 Å². The molecule has 0 saturated carbocycles. The molecule has 0 aliphatic rings. The zero-order chi connectivity index (χ0) is 13.5. The van der Waals surface area contributed by atoms with E-state index >= 15 is 0 Å². The van der Waals surface area contributed by atoms with Gasteiger partial charge in [-0.3, -0.25) is 0 Å². The van der Waals surface area contributed by atoms with Crippen molar-refractivity contribution < 1.29 is 4.74 Å². The van der Waals surface area contributed by atoms with Crippen molar-refractivity contribution in [3.8, 4) is 11.8 Å². The lowest BCUT2D eigenvalue weighted by Crippen LogP contribution is -1.92. The van der Waals surface area contributed by atoms with E-state index in [2.05, 4.69) is 6.07 Å². The number of nitriles is 1. The lowest BCUT2D eigenvalue weighted by molar-refractivity contribution is 0.363. The number of hydrogen-bond donors (Lipinski definition) is 0. The maximum absolute atomic E-state index is 8.81. The van der Waals surface area contributed by atoms with Crippen LogP contribution in [0.3, 0.4) is 0 Å². The monoisotopic (exact) mass is 249 g/mol. The second-order valence-corrected chi connectivity index (χ2v) is 4.26. The Morgan fingerprint density at radius 3 is 2.68 bits per heavy atom. The summed E-state index contributed by atoms with van der Waals surface area (Å²) in [5, 5.41) is 8.81. The van der Waals surface area contributed by atoms with Crippen LogP contribution in [-0.4, -0.2) is 6.61 Å². The molecule has 0 atom stereocenters. The predicted octanol–water partition coefficient (Wildman–Crippen LogP) is 3.96. The average molecular weight is 249 g/mol. The van der Waals surface area contributed by atoms with Crippen LogP contribution in [0.1, 0.15) is 16.7 Å². The maximum Gasteiger partial charge on any atom is 0.119 e. The highest BCUT2D eigenvalue weighted by atomic mass is 16.5. The first-order chi connectivity index (χ1) is 9.28. The third kappa shape index (κ3) is 4.01. The molecule has 0 saturated heterocycles. The van der Waals surface area contributed by atoms with Crippen LogP contribution in [-0.2, 0) is 0 Å². The van der Waals surface area contributed by atoms with Crippen molar-refractivity contribution >= 4 is 6.08 Å². The SMILES string of the molecule is Cc1ccc(OC/C=C\c2cccc(C#N)c2)cc1. The topological polar surface area (TPSA) is 33.0 Å². The molecule has 0 N–H and O–H groups in total. The Balaban J connectivity index is 1.90. The molecule has 0 aliphatic carbocycles. The highest BCUT2D eigenvalue weighted by Crippen LogP contribution is 2.11. The molecule has 0 fully saturated rings. The van der Waals surface area contributed by atoms with E-state index in [1.165, 1.54) is 5.56 Å². The van der Waals surface area contributed by atoms with Gasteiger partial charge in [0.05, 0.1) is 11.6 Å². The summed E-state index contributed by atoms with van der Waals surface area (Å²) >= 11 is 0. The molecule has 2 heteroatoms. The number of rotatable bonds is 4. The molecule has 0 unspecified atom stereocenters. The molecule has 0 amide bonds. The minimum atomic E-state index is 0.514. The Hall–Kier alpha value is -2.53. The molecule has 0 aliphatic heterocycles. The van der Waals surface area contributed by atoms with Gasteiger partial charge in [0.15, 0.2) is 0 Å². The van der Waals surface area contributed by atoms with Crippen LogP contribution in [0.15, 0.2) is 54.6 Å². The number of benzene rings is 2. The summed E-state index contributed by atoms with van der Waals surface area (Å²) < 4.78 is 5.59. The Morgan fingerprint density at radius 1 is 1.16 bits per heavy atom. The van der Waals surface area contributed by atoms with Crippen molar-refractivity contribution in [2.24, 2.45) is 0 Å². The molecule has 0 bridgehead atoms. The number of hydrogen-bond acceptors (Lipinski definition) is 2.